The molecule has 1 aliphatic heterocycles. The van der Waals surface area contributed by atoms with Crippen LogP contribution in [0.4, 0.5) is 0 Å². The van der Waals surface area contributed by atoms with E-state index < -0.39 is 33.2 Å². The molecule has 3 atom stereocenters. The van der Waals surface area contributed by atoms with E-state index in [1.807, 2.05) is 37.3 Å². The lowest BCUT2D eigenvalue weighted by Crippen LogP contribution is -2.64. The molecule has 0 saturated carbocycles. The fraction of sp³-hybridized carbons (Fsp3) is 0.480. The summed E-state index contributed by atoms with van der Waals surface area (Å²) in [6.07, 6.45) is 2.19. The number of nitrogens with zero attached hydrogens (tertiary/aromatic N) is 2. The van der Waals surface area contributed by atoms with Crippen molar-refractivity contribution < 1.29 is 26.9 Å². The number of aryl methyl sites for hydroxylation is 2. The second-order valence-electron chi connectivity index (χ2n) is 8.71. The highest BCUT2D eigenvalue weighted by Crippen LogP contribution is 2.24. The molecule has 0 spiro atoms. The Hall–Kier alpha value is -2.55. The highest BCUT2D eigenvalue weighted by atomic mass is 32.2. The molecule has 7 nitrogen and oxygen atoms in total. The molecular weight excluding hydrogens is 440 g/mol. The molecule has 0 radical (unpaired) electrons. The van der Waals surface area contributed by atoms with Gasteiger partial charge in [0, 0.05) is 12.8 Å². The summed E-state index contributed by atoms with van der Waals surface area (Å²) in [5.74, 6) is -1.10. The van der Waals surface area contributed by atoms with Gasteiger partial charge in [0.25, 0.3) is 0 Å². The van der Waals surface area contributed by atoms with Gasteiger partial charge in [-0.15, -0.1) is 12.4 Å². The average Bonchev–Trinajstić information content (AvgIpc) is 2.77. The van der Waals surface area contributed by atoms with Crippen LogP contribution in [0.15, 0.2) is 54.6 Å². The molecule has 3 unspecified atom stereocenters. The largest absolute Gasteiger partial charge is 0.632 e. The minimum atomic E-state index is -2.43. The average molecular weight is 476 g/mol. The molecule has 1 aliphatic rings. The highest BCUT2D eigenvalue weighted by Gasteiger charge is 2.45. The van der Waals surface area contributed by atoms with Crippen molar-refractivity contribution in [2.45, 2.75) is 58.5 Å². The van der Waals surface area contributed by atoms with Crippen molar-refractivity contribution in [3.05, 3.63) is 76.5 Å². The molecule has 3 rings (SSSR count). The quantitative estimate of drug-likeness (QED) is 0.372. The molecule has 0 amide bonds. The maximum atomic E-state index is 13.3. The predicted molar refractivity (Wildman–Crippen MR) is 128 cm³/mol. The smallest absolute Gasteiger partial charge is 0.459 e. The van der Waals surface area contributed by atoms with Crippen molar-refractivity contribution in [2.24, 2.45) is 0 Å². The lowest BCUT2D eigenvalue weighted by molar-refractivity contribution is -0.933. The standard InChI is InChI=1S/C17H24N2O5S.C8H10/c1-2-3-9-16(17(20)21)19(22)11-10-18(25(23)24)15(13-19)12-14-7-5-4-6-8-14;1-7-3-5-8(2)6-4-7/h4-8,15-16H,2-3,9-13H2,1H3;3-6H,1-2H3/p+1. The first-order chi connectivity index (χ1) is 15.7. The summed E-state index contributed by atoms with van der Waals surface area (Å²) in [6, 6.07) is 16.3. The number of carboxylic acids is 1. The first-order valence-corrected chi connectivity index (χ1v) is 12.4. The van der Waals surface area contributed by atoms with E-state index in [1.54, 1.807) is 0 Å². The molecule has 2 aromatic rings. The molecule has 1 N–H and O–H groups in total. The highest BCUT2D eigenvalue weighted by molar-refractivity contribution is 7.58. The number of carboxylic acid groups (broad SMARTS) is 1. The SMILES string of the molecule is CCCCC(C(=O)O)[N+]1([O-])CC[N+](=S(=O)=O)C(Cc2ccccc2)C1.Cc1ccc(C)cc1. The van der Waals surface area contributed by atoms with Crippen LogP contribution in [0.3, 0.4) is 0 Å². The second kappa shape index (κ2) is 12.6. The molecule has 8 heteroatoms. The fourth-order valence-electron chi connectivity index (χ4n) is 4.12. The van der Waals surface area contributed by atoms with E-state index >= 15 is 0 Å². The van der Waals surface area contributed by atoms with Gasteiger partial charge in [0.05, 0.1) is 0 Å². The summed E-state index contributed by atoms with van der Waals surface area (Å²) in [5, 5.41) is 22.8. The maximum absolute atomic E-state index is 13.3. The van der Waals surface area contributed by atoms with E-state index in [4.69, 9.17) is 0 Å². The first-order valence-electron chi connectivity index (χ1n) is 11.4. The minimum absolute atomic E-state index is 0.0278. The zero-order valence-corrected chi connectivity index (χ0v) is 20.5. The summed E-state index contributed by atoms with van der Waals surface area (Å²) in [5.41, 5.74) is 3.59. The van der Waals surface area contributed by atoms with Gasteiger partial charge < -0.3 is 15.0 Å². The Balaban J connectivity index is 0.000000405. The Bertz CT molecular complexity index is 1010. The molecule has 0 aliphatic carbocycles. The first kappa shape index (κ1) is 26.7. The number of benzene rings is 2. The number of hydroxylamine groups is 3. The van der Waals surface area contributed by atoms with Gasteiger partial charge in [0.2, 0.25) is 12.6 Å². The molecular formula is C25H35N2O5S+. The van der Waals surface area contributed by atoms with Gasteiger partial charge >= 0.3 is 16.5 Å². The van der Waals surface area contributed by atoms with Crippen molar-refractivity contribution in [1.29, 1.82) is 0 Å². The topological polar surface area (TPSA) is 97.5 Å². The van der Waals surface area contributed by atoms with Crippen LogP contribution in [0.2, 0.25) is 0 Å². The van der Waals surface area contributed by atoms with Crippen molar-refractivity contribution in [3.63, 3.8) is 0 Å². The normalized spacial score (nSPS) is 21.0. The third-order valence-electron chi connectivity index (χ3n) is 6.03. The zero-order chi connectivity index (χ0) is 24.4. The van der Waals surface area contributed by atoms with Crippen LogP contribution in [-0.2, 0) is 21.7 Å². The van der Waals surface area contributed by atoms with Gasteiger partial charge in [0.1, 0.15) is 13.1 Å². The fourth-order valence-corrected chi connectivity index (χ4v) is 4.73. The summed E-state index contributed by atoms with van der Waals surface area (Å²) >= 11 is 0. The van der Waals surface area contributed by atoms with E-state index in [-0.39, 0.29) is 19.6 Å². The molecule has 1 fully saturated rings. The summed E-state index contributed by atoms with van der Waals surface area (Å²) in [6.45, 7) is 6.13. The number of quaternary nitrogens is 1. The Morgan fingerprint density at radius 1 is 1.12 bits per heavy atom. The summed E-state index contributed by atoms with van der Waals surface area (Å²) in [7, 11) is -2.43. The number of hydrogen-bond donors (Lipinski definition) is 1. The molecule has 180 valence electrons. The van der Waals surface area contributed by atoms with Crippen LogP contribution in [-0.4, -0.2) is 59.8 Å². The van der Waals surface area contributed by atoms with Crippen LogP contribution in [0, 0.1) is 19.1 Å². The Kier molecular flexibility index (Phi) is 10.2. The molecule has 0 aromatic heterocycles. The lowest BCUT2D eigenvalue weighted by atomic mass is 10.0. The van der Waals surface area contributed by atoms with Gasteiger partial charge in [-0.3, -0.25) is 0 Å². The van der Waals surface area contributed by atoms with Crippen molar-refractivity contribution >= 4 is 16.5 Å². The van der Waals surface area contributed by atoms with E-state index in [0.29, 0.717) is 19.3 Å². The molecule has 2 aromatic carbocycles. The van der Waals surface area contributed by atoms with Crippen molar-refractivity contribution in [1.82, 2.24) is 0 Å². The van der Waals surface area contributed by atoms with Gasteiger partial charge in [0.15, 0.2) is 6.04 Å². The van der Waals surface area contributed by atoms with E-state index in [1.165, 1.54) is 15.1 Å². The van der Waals surface area contributed by atoms with Crippen LogP contribution in [0.25, 0.3) is 0 Å². The number of piperazine rings is 1. The summed E-state index contributed by atoms with van der Waals surface area (Å²) < 4.78 is 23.5. The van der Waals surface area contributed by atoms with Crippen LogP contribution in [0.5, 0.6) is 0 Å². The monoisotopic (exact) mass is 475 g/mol. The third-order valence-corrected chi connectivity index (χ3v) is 6.90. The Morgan fingerprint density at radius 2 is 1.70 bits per heavy atom. The number of hydrogen-bond acceptors (Lipinski definition) is 4. The number of unbranched alkanes of at least 4 members (excludes halogenated alkanes) is 1. The Labute approximate surface area is 198 Å². The molecule has 1 saturated heterocycles. The van der Waals surface area contributed by atoms with Gasteiger partial charge in [-0.2, -0.15) is 0 Å². The van der Waals surface area contributed by atoms with Crippen molar-refractivity contribution in [3.8, 4) is 0 Å². The number of aliphatic carboxylic acids is 1. The van der Waals surface area contributed by atoms with Crippen LogP contribution < -0.4 is 0 Å². The lowest BCUT2D eigenvalue weighted by Gasteiger charge is -2.48. The third kappa shape index (κ3) is 8.07. The van der Waals surface area contributed by atoms with Crippen molar-refractivity contribution in [2.75, 3.05) is 19.6 Å². The summed E-state index contributed by atoms with van der Waals surface area (Å²) in [4.78, 5) is 11.6. The van der Waals surface area contributed by atoms with Crippen LogP contribution >= 0.6 is 0 Å². The van der Waals surface area contributed by atoms with Gasteiger partial charge in [-0.1, -0.05) is 79.1 Å². The van der Waals surface area contributed by atoms with Gasteiger partial charge in [-0.25, -0.2) is 4.79 Å². The van der Waals surface area contributed by atoms with Gasteiger partial charge in [-0.05, 0) is 25.8 Å². The second-order valence-corrected chi connectivity index (χ2v) is 9.61. The van der Waals surface area contributed by atoms with E-state index in [0.717, 1.165) is 12.0 Å². The maximum Gasteiger partial charge on any atom is 0.459 e. The molecule has 33 heavy (non-hydrogen) atoms. The number of rotatable bonds is 7. The minimum Gasteiger partial charge on any atom is -0.632 e. The molecule has 0 bridgehead atoms. The van der Waals surface area contributed by atoms with E-state index in [9.17, 15) is 23.5 Å². The molecule has 1 heterocycles. The van der Waals surface area contributed by atoms with Crippen LogP contribution in [0.1, 0.15) is 42.9 Å². The zero-order valence-electron chi connectivity index (χ0n) is 19.7. The Morgan fingerprint density at radius 3 is 2.18 bits per heavy atom. The number of carbonyl (C=O) groups is 1. The van der Waals surface area contributed by atoms with E-state index in [2.05, 4.69) is 38.1 Å². The predicted octanol–water partition coefficient (Wildman–Crippen LogP) is 3.95.